The zero-order valence-electron chi connectivity index (χ0n) is 14.6. The summed E-state index contributed by atoms with van der Waals surface area (Å²) in [6.07, 6.45) is 6.64. The van der Waals surface area contributed by atoms with Crippen molar-refractivity contribution in [1.82, 2.24) is 9.30 Å². The van der Waals surface area contributed by atoms with Crippen LogP contribution < -0.4 is 0 Å². The van der Waals surface area contributed by atoms with E-state index in [1.54, 1.807) is 0 Å². The molecular formula is C19H32N2. The molecule has 2 aromatic heterocycles. The van der Waals surface area contributed by atoms with Gasteiger partial charge in [-0.25, -0.2) is 0 Å². The molecule has 1 unspecified atom stereocenters. The van der Waals surface area contributed by atoms with Gasteiger partial charge in [-0.05, 0) is 57.0 Å². The second-order valence-corrected chi connectivity index (χ2v) is 5.52. The summed E-state index contributed by atoms with van der Waals surface area (Å²) in [5, 5.41) is 0. The number of hydrogen-bond acceptors (Lipinski definition) is 1. The van der Waals surface area contributed by atoms with Crippen LogP contribution in [0.25, 0.3) is 5.52 Å². The first kappa shape index (κ1) is 17.8. The maximum Gasteiger partial charge on any atom is 0.0482 e. The van der Waals surface area contributed by atoms with Gasteiger partial charge in [0.2, 0.25) is 0 Å². The minimum absolute atomic E-state index is 0.615. The van der Waals surface area contributed by atoms with Crippen LogP contribution >= 0.6 is 0 Å². The Bertz CT molecular complexity index is 513. The van der Waals surface area contributed by atoms with E-state index in [0.29, 0.717) is 12.1 Å². The van der Waals surface area contributed by atoms with Gasteiger partial charge in [0.05, 0.1) is 0 Å². The summed E-state index contributed by atoms with van der Waals surface area (Å²) in [6, 6.07) is 9.94. The standard InChI is InChI=1S/C17H26N2.C2H6/c1-5-16(19(6-2)14(3)4)13-15-10-12-18-11-8-7-9-17(15)18;1-2/h7-12,14,16H,5-6,13H2,1-4H3;1-2H3. The van der Waals surface area contributed by atoms with E-state index in [2.05, 4.69) is 73.7 Å². The minimum Gasteiger partial charge on any atom is -0.324 e. The molecule has 0 fully saturated rings. The lowest BCUT2D eigenvalue weighted by Crippen LogP contribution is -2.41. The van der Waals surface area contributed by atoms with Gasteiger partial charge in [-0.1, -0.05) is 33.8 Å². The molecule has 0 aliphatic rings. The largest absolute Gasteiger partial charge is 0.324 e. The molecule has 0 saturated heterocycles. The van der Waals surface area contributed by atoms with Crippen LogP contribution in [0.3, 0.4) is 0 Å². The molecule has 0 radical (unpaired) electrons. The average molecular weight is 288 g/mol. The predicted molar refractivity (Wildman–Crippen MR) is 94.0 cm³/mol. The third-order valence-corrected chi connectivity index (χ3v) is 4.08. The van der Waals surface area contributed by atoms with Gasteiger partial charge in [-0.2, -0.15) is 0 Å². The molecular weight excluding hydrogens is 256 g/mol. The van der Waals surface area contributed by atoms with E-state index in [4.69, 9.17) is 0 Å². The topological polar surface area (TPSA) is 7.65 Å². The number of likely N-dealkylation sites (N-methyl/N-ethyl adjacent to an activating group) is 1. The van der Waals surface area contributed by atoms with Crippen molar-refractivity contribution in [3.63, 3.8) is 0 Å². The smallest absolute Gasteiger partial charge is 0.0482 e. The molecule has 0 aliphatic carbocycles. The van der Waals surface area contributed by atoms with Crippen molar-refractivity contribution in [3.8, 4) is 0 Å². The molecule has 2 heterocycles. The van der Waals surface area contributed by atoms with Gasteiger partial charge in [0.1, 0.15) is 0 Å². The highest BCUT2D eigenvalue weighted by Crippen LogP contribution is 2.19. The molecule has 2 rings (SSSR count). The summed E-state index contributed by atoms with van der Waals surface area (Å²) < 4.78 is 2.22. The van der Waals surface area contributed by atoms with Gasteiger partial charge in [-0.3, -0.25) is 4.90 Å². The maximum absolute atomic E-state index is 2.60. The van der Waals surface area contributed by atoms with Crippen molar-refractivity contribution in [1.29, 1.82) is 0 Å². The Hall–Kier alpha value is -1.28. The number of aromatic nitrogens is 1. The molecule has 0 aromatic carbocycles. The summed E-state index contributed by atoms with van der Waals surface area (Å²) >= 11 is 0. The molecule has 0 bridgehead atoms. The zero-order chi connectivity index (χ0) is 15.8. The summed E-state index contributed by atoms with van der Waals surface area (Å²) in [6.45, 7) is 14.3. The van der Waals surface area contributed by atoms with Crippen molar-refractivity contribution in [2.75, 3.05) is 6.54 Å². The first-order valence-corrected chi connectivity index (χ1v) is 8.47. The summed E-state index contributed by atoms with van der Waals surface area (Å²) in [5.74, 6) is 0. The van der Waals surface area contributed by atoms with Crippen LogP contribution in [0.4, 0.5) is 0 Å². The van der Waals surface area contributed by atoms with Crippen LogP contribution in [0.15, 0.2) is 36.7 Å². The monoisotopic (exact) mass is 288 g/mol. The Balaban J connectivity index is 0.00000106. The van der Waals surface area contributed by atoms with Crippen LogP contribution in [-0.2, 0) is 6.42 Å². The Morgan fingerprint density at radius 2 is 1.76 bits per heavy atom. The predicted octanol–water partition coefficient (Wildman–Crippen LogP) is 5.02. The molecule has 0 amide bonds. The van der Waals surface area contributed by atoms with Crippen LogP contribution in [0.1, 0.15) is 53.5 Å². The van der Waals surface area contributed by atoms with Crippen LogP contribution in [0, 0.1) is 0 Å². The quantitative estimate of drug-likeness (QED) is 0.724. The van der Waals surface area contributed by atoms with Crippen molar-refractivity contribution >= 4 is 5.52 Å². The summed E-state index contributed by atoms with van der Waals surface area (Å²) in [4.78, 5) is 2.60. The fourth-order valence-corrected chi connectivity index (χ4v) is 3.08. The fourth-order valence-electron chi connectivity index (χ4n) is 3.08. The van der Waals surface area contributed by atoms with Gasteiger partial charge in [0, 0.05) is 30.0 Å². The van der Waals surface area contributed by atoms with E-state index in [1.165, 1.54) is 17.5 Å². The van der Waals surface area contributed by atoms with Gasteiger partial charge >= 0.3 is 0 Å². The van der Waals surface area contributed by atoms with Crippen LogP contribution in [0.5, 0.6) is 0 Å². The molecule has 21 heavy (non-hydrogen) atoms. The lowest BCUT2D eigenvalue weighted by Gasteiger charge is -2.33. The average Bonchev–Trinajstić information content (AvgIpc) is 2.92. The van der Waals surface area contributed by atoms with Gasteiger partial charge < -0.3 is 4.40 Å². The van der Waals surface area contributed by atoms with E-state index in [9.17, 15) is 0 Å². The second kappa shape index (κ2) is 8.89. The molecule has 118 valence electrons. The van der Waals surface area contributed by atoms with Crippen LogP contribution in [-0.4, -0.2) is 27.9 Å². The molecule has 0 spiro atoms. The highest BCUT2D eigenvalue weighted by atomic mass is 15.2. The Kier molecular flexibility index (Phi) is 7.52. The van der Waals surface area contributed by atoms with Gasteiger partial charge in [0.15, 0.2) is 0 Å². The van der Waals surface area contributed by atoms with E-state index in [0.717, 1.165) is 13.0 Å². The highest BCUT2D eigenvalue weighted by molar-refractivity contribution is 5.55. The summed E-state index contributed by atoms with van der Waals surface area (Å²) in [7, 11) is 0. The van der Waals surface area contributed by atoms with Crippen LogP contribution in [0.2, 0.25) is 0 Å². The molecule has 0 saturated carbocycles. The summed E-state index contributed by atoms with van der Waals surface area (Å²) in [5.41, 5.74) is 2.81. The first-order chi connectivity index (χ1) is 10.2. The Morgan fingerprint density at radius 3 is 2.33 bits per heavy atom. The van der Waals surface area contributed by atoms with Crippen molar-refractivity contribution in [3.05, 3.63) is 42.2 Å². The molecule has 1 atom stereocenters. The highest BCUT2D eigenvalue weighted by Gasteiger charge is 2.19. The lowest BCUT2D eigenvalue weighted by molar-refractivity contribution is 0.156. The third kappa shape index (κ3) is 4.34. The number of nitrogens with zero attached hydrogens (tertiary/aromatic N) is 2. The number of rotatable bonds is 6. The number of pyridine rings is 1. The van der Waals surface area contributed by atoms with E-state index in [1.807, 2.05) is 13.8 Å². The normalized spacial score (nSPS) is 12.6. The van der Waals surface area contributed by atoms with Crippen molar-refractivity contribution in [2.45, 2.75) is 66.5 Å². The molecule has 0 aliphatic heterocycles. The molecule has 0 N–H and O–H groups in total. The van der Waals surface area contributed by atoms with Crippen molar-refractivity contribution in [2.24, 2.45) is 0 Å². The lowest BCUT2D eigenvalue weighted by atomic mass is 10.0. The van der Waals surface area contributed by atoms with Gasteiger partial charge in [0.25, 0.3) is 0 Å². The molecule has 2 aromatic rings. The van der Waals surface area contributed by atoms with E-state index in [-0.39, 0.29) is 0 Å². The number of hydrogen-bond donors (Lipinski definition) is 0. The van der Waals surface area contributed by atoms with Crippen molar-refractivity contribution < 1.29 is 0 Å². The fraction of sp³-hybridized carbons (Fsp3) is 0.579. The number of fused-ring (bicyclic) bond motifs is 1. The third-order valence-electron chi connectivity index (χ3n) is 4.08. The minimum atomic E-state index is 0.615. The Morgan fingerprint density at radius 1 is 1.05 bits per heavy atom. The SMILES string of the molecule is CC.CCC(Cc1ccn2ccccc12)N(CC)C(C)C. The Labute approximate surface area is 130 Å². The van der Waals surface area contributed by atoms with E-state index < -0.39 is 0 Å². The molecule has 2 nitrogen and oxygen atoms in total. The van der Waals surface area contributed by atoms with E-state index >= 15 is 0 Å². The maximum atomic E-state index is 2.60. The first-order valence-electron chi connectivity index (χ1n) is 8.47. The second-order valence-electron chi connectivity index (χ2n) is 5.52. The van der Waals surface area contributed by atoms with Gasteiger partial charge in [-0.15, -0.1) is 0 Å². The zero-order valence-corrected chi connectivity index (χ0v) is 14.6. The molecule has 2 heteroatoms.